The van der Waals surface area contributed by atoms with Gasteiger partial charge >= 0.3 is 0 Å². The zero-order valence-electron chi connectivity index (χ0n) is 12.6. The molecule has 1 aromatic rings. The van der Waals surface area contributed by atoms with E-state index in [1.165, 1.54) is 29.5 Å². The van der Waals surface area contributed by atoms with E-state index < -0.39 is 0 Å². The van der Waals surface area contributed by atoms with Crippen LogP contribution in [0, 0.1) is 6.92 Å². The summed E-state index contributed by atoms with van der Waals surface area (Å²) in [6.45, 7) is 10.0. The fourth-order valence-corrected chi connectivity index (χ4v) is 2.32. The van der Waals surface area contributed by atoms with Gasteiger partial charge in [-0.1, -0.05) is 32.0 Å². The molecule has 0 aliphatic heterocycles. The molecule has 2 heteroatoms. The minimum Gasteiger partial charge on any atom is -0.315 e. The Bertz CT molecular complexity index is 394. The van der Waals surface area contributed by atoms with E-state index in [0.717, 1.165) is 32.1 Å². The summed E-state index contributed by atoms with van der Waals surface area (Å²) in [5, 5.41) is 7.06. The third-order valence-corrected chi connectivity index (χ3v) is 3.92. The zero-order chi connectivity index (χ0) is 13.7. The summed E-state index contributed by atoms with van der Waals surface area (Å²) in [5.41, 5.74) is 4.37. The first-order valence-electron chi connectivity index (χ1n) is 7.70. The van der Waals surface area contributed by atoms with Crippen molar-refractivity contribution in [3.63, 3.8) is 0 Å². The molecule has 2 rings (SSSR count). The van der Waals surface area contributed by atoms with E-state index >= 15 is 0 Å². The van der Waals surface area contributed by atoms with Crippen LogP contribution in [-0.4, -0.2) is 25.7 Å². The lowest BCUT2D eigenvalue weighted by Gasteiger charge is -2.12. The van der Waals surface area contributed by atoms with Gasteiger partial charge in [0, 0.05) is 19.1 Å². The van der Waals surface area contributed by atoms with Gasteiger partial charge in [-0.3, -0.25) is 0 Å². The van der Waals surface area contributed by atoms with E-state index in [9.17, 15) is 0 Å². The lowest BCUT2D eigenvalue weighted by molar-refractivity contribution is 0.608. The molecule has 1 aromatic carbocycles. The van der Waals surface area contributed by atoms with Gasteiger partial charge in [-0.05, 0) is 55.3 Å². The molecule has 0 radical (unpaired) electrons. The Hall–Kier alpha value is -0.860. The molecule has 1 saturated carbocycles. The average molecular weight is 260 g/mol. The number of aryl methyl sites for hydroxylation is 1. The summed E-state index contributed by atoms with van der Waals surface area (Å²) < 4.78 is 0. The highest BCUT2D eigenvalue weighted by molar-refractivity contribution is 5.32. The second kappa shape index (κ2) is 7.06. The second-order valence-corrected chi connectivity index (χ2v) is 6.07. The van der Waals surface area contributed by atoms with Crippen LogP contribution in [0.4, 0.5) is 0 Å². The Morgan fingerprint density at radius 1 is 1.16 bits per heavy atom. The molecule has 106 valence electrons. The monoisotopic (exact) mass is 260 g/mol. The van der Waals surface area contributed by atoms with Crippen molar-refractivity contribution in [2.45, 2.75) is 52.0 Å². The minimum atomic E-state index is 0.620. The van der Waals surface area contributed by atoms with Gasteiger partial charge in [0.1, 0.15) is 0 Å². The summed E-state index contributed by atoms with van der Waals surface area (Å²) in [6.07, 6.45) is 3.89. The molecule has 2 N–H and O–H groups in total. The summed E-state index contributed by atoms with van der Waals surface area (Å²) in [7, 11) is 0. The second-order valence-electron chi connectivity index (χ2n) is 6.07. The van der Waals surface area contributed by atoms with Crippen molar-refractivity contribution in [3.05, 3.63) is 34.9 Å². The van der Waals surface area contributed by atoms with Crippen LogP contribution in [0.1, 0.15) is 49.3 Å². The van der Waals surface area contributed by atoms with Crippen LogP contribution in [0.5, 0.6) is 0 Å². The quantitative estimate of drug-likeness (QED) is 0.702. The third kappa shape index (κ3) is 4.96. The summed E-state index contributed by atoms with van der Waals surface area (Å²) in [4.78, 5) is 0. The molecular weight excluding hydrogens is 232 g/mol. The molecule has 0 saturated heterocycles. The molecule has 0 amide bonds. The highest BCUT2D eigenvalue weighted by atomic mass is 15.0. The van der Waals surface area contributed by atoms with Crippen LogP contribution in [-0.2, 0) is 6.42 Å². The number of nitrogens with one attached hydrogen (secondary N) is 2. The molecule has 2 nitrogen and oxygen atoms in total. The van der Waals surface area contributed by atoms with Gasteiger partial charge in [0.25, 0.3) is 0 Å². The van der Waals surface area contributed by atoms with Crippen LogP contribution < -0.4 is 10.6 Å². The van der Waals surface area contributed by atoms with E-state index in [4.69, 9.17) is 0 Å². The van der Waals surface area contributed by atoms with E-state index in [0.29, 0.717) is 5.92 Å². The first-order chi connectivity index (χ1) is 9.16. The highest BCUT2D eigenvalue weighted by Gasteiger charge is 2.19. The minimum absolute atomic E-state index is 0.620. The molecule has 0 aromatic heterocycles. The Morgan fingerprint density at radius 2 is 1.95 bits per heavy atom. The van der Waals surface area contributed by atoms with Crippen molar-refractivity contribution in [3.8, 4) is 0 Å². The first-order valence-corrected chi connectivity index (χ1v) is 7.70. The van der Waals surface area contributed by atoms with Gasteiger partial charge in [-0.2, -0.15) is 0 Å². The number of hydrogen-bond donors (Lipinski definition) is 2. The number of hydrogen-bond acceptors (Lipinski definition) is 2. The molecule has 19 heavy (non-hydrogen) atoms. The Labute approximate surface area is 118 Å². The maximum atomic E-state index is 3.53. The molecule has 0 spiro atoms. The summed E-state index contributed by atoms with van der Waals surface area (Å²) in [5.74, 6) is 0.620. The van der Waals surface area contributed by atoms with Gasteiger partial charge in [-0.25, -0.2) is 0 Å². The van der Waals surface area contributed by atoms with Gasteiger partial charge in [0.2, 0.25) is 0 Å². The molecule has 0 bridgehead atoms. The maximum absolute atomic E-state index is 3.53. The SMILES string of the molecule is Cc1ccc(C(C)C)cc1CCNCCNC1CC1. The van der Waals surface area contributed by atoms with Crippen LogP contribution in [0.15, 0.2) is 18.2 Å². The van der Waals surface area contributed by atoms with Gasteiger partial charge in [0.05, 0.1) is 0 Å². The molecular formula is C17H28N2. The fraction of sp³-hybridized carbons (Fsp3) is 0.647. The standard InChI is InChI=1S/C17H28N2/c1-13(2)15-5-4-14(3)16(12-15)8-9-18-10-11-19-17-6-7-17/h4-5,12-13,17-19H,6-11H2,1-3H3. The normalized spacial score (nSPS) is 15.2. The molecule has 1 aliphatic carbocycles. The van der Waals surface area contributed by atoms with Crippen molar-refractivity contribution in [2.24, 2.45) is 0 Å². The predicted molar refractivity (Wildman–Crippen MR) is 82.9 cm³/mol. The van der Waals surface area contributed by atoms with Crippen LogP contribution >= 0.6 is 0 Å². The van der Waals surface area contributed by atoms with Crippen molar-refractivity contribution >= 4 is 0 Å². The van der Waals surface area contributed by atoms with Crippen LogP contribution in [0.3, 0.4) is 0 Å². The molecule has 1 fully saturated rings. The van der Waals surface area contributed by atoms with Gasteiger partial charge in [-0.15, -0.1) is 0 Å². The van der Waals surface area contributed by atoms with Crippen molar-refractivity contribution in [1.82, 2.24) is 10.6 Å². The van der Waals surface area contributed by atoms with Gasteiger partial charge in [0.15, 0.2) is 0 Å². The smallest absolute Gasteiger partial charge is 0.00793 e. The maximum Gasteiger partial charge on any atom is 0.00793 e. The number of rotatable bonds is 8. The van der Waals surface area contributed by atoms with Gasteiger partial charge < -0.3 is 10.6 Å². The molecule has 1 aliphatic rings. The van der Waals surface area contributed by atoms with Crippen LogP contribution in [0.2, 0.25) is 0 Å². The van der Waals surface area contributed by atoms with E-state index in [-0.39, 0.29) is 0 Å². The largest absolute Gasteiger partial charge is 0.315 e. The topological polar surface area (TPSA) is 24.1 Å². The molecule has 0 heterocycles. The van der Waals surface area contributed by atoms with E-state index in [2.05, 4.69) is 49.6 Å². The fourth-order valence-electron chi connectivity index (χ4n) is 2.32. The van der Waals surface area contributed by atoms with E-state index in [1.54, 1.807) is 0 Å². The van der Waals surface area contributed by atoms with Crippen molar-refractivity contribution in [1.29, 1.82) is 0 Å². The van der Waals surface area contributed by atoms with E-state index in [1.807, 2.05) is 0 Å². The zero-order valence-corrected chi connectivity index (χ0v) is 12.6. The van der Waals surface area contributed by atoms with Crippen molar-refractivity contribution < 1.29 is 0 Å². The van der Waals surface area contributed by atoms with Crippen LogP contribution in [0.25, 0.3) is 0 Å². The number of benzene rings is 1. The third-order valence-electron chi connectivity index (χ3n) is 3.92. The lowest BCUT2D eigenvalue weighted by Crippen LogP contribution is -2.29. The Morgan fingerprint density at radius 3 is 2.63 bits per heavy atom. The summed E-state index contributed by atoms with van der Waals surface area (Å²) in [6, 6.07) is 7.73. The first kappa shape index (κ1) is 14.5. The Balaban J connectivity index is 1.70. The molecule has 0 atom stereocenters. The lowest BCUT2D eigenvalue weighted by atomic mass is 9.96. The summed E-state index contributed by atoms with van der Waals surface area (Å²) >= 11 is 0. The Kier molecular flexibility index (Phi) is 5.41. The molecule has 0 unspecified atom stereocenters. The average Bonchev–Trinajstić information content (AvgIpc) is 3.19. The predicted octanol–water partition coefficient (Wildman–Crippen LogP) is 3.00. The van der Waals surface area contributed by atoms with Crippen molar-refractivity contribution in [2.75, 3.05) is 19.6 Å². The highest BCUT2D eigenvalue weighted by Crippen LogP contribution is 2.19.